The Hall–Kier alpha value is -1.55. The molecule has 4 nitrogen and oxygen atoms in total. The minimum Gasteiger partial charge on any atom is -0.468 e. The Labute approximate surface area is 104 Å². The van der Waals surface area contributed by atoms with Gasteiger partial charge in [-0.2, -0.15) is 0 Å². The molecule has 0 saturated carbocycles. The van der Waals surface area contributed by atoms with Gasteiger partial charge in [0.1, 0.15) is 5.92 Å². The van der Waals surface area contributed by atoms with Gasteiger partial charge in [0, 0.05) is 17.5 Å². The van der Waals surface area contributed by atoms with E-state index in [2.05, 4.69) is 10.1 Å². The maximum absolute atomic E-state index is 11.6. The number of carbonyl (C=O) groups is 2. The largest absolute Gasteiger partial charge is 0.468 e. The highest BCUT2D eigenvalue weighted by Gasteiger charge is 2.41. The summed E-state index contributed by atoms with van der Waals surface area (Å²) in [7, 11) is 1.28. The van der Waals surface area contributed by atoms with Gasteiger partial charge in [-0.1, -0.05) is 23.7 Å². The van der Waals surface area contributed by atoms with Crippen LogP contribution in [0.2, 0.25) is 5.02 Å². The molecule has 0 radical (unpaired) electrons. The van der Waals surface area contributed by atoms with Gasteiger partial charge in [-0.3, -0.25) is 9.59 Å². The molecule has 0 spiro atoms. The topological polar surface area (TPSA) is 55.4 Å². The lowest BCUT2D eigenvalue weighted by atomic mass is 9.89. The Kier molecular flexibility index (Phi) is 3.33. The van der Waals surface area contributed by atoms with Crippen molar-refractivity contribution < 1.29 is 14.3 Å². The highest BCUT2D eigenvalue weighted by atomic mass is 35.5. The van der Waals surface area contributed by atoms with Crippen LogP contribution in [0.1, 0.15) is 11.5 Å². The number of carbonyl (C=O) groups excluding carboxylic acids is 2. The molecule has 1 N–H and O–H groups in total. The van der Waals surface area contributed by atoms with Gasteiger partial charge in [0.05, 0.1) is 7.11 Å². The van der Waals surface area contributed by atoms with E-state index in [1.165, 1.54) is 7.11 Å². The van der Waals surface area contributed by atoms with Gasteiger partial charge >= 0.3 is 5.97 Å². The average Bonchev–Trinajstić information content (AvgIpc) is 2.71. The third-order valence-electron chi connectivity index (χ3n) is 2.93. The number of amides is 1. The fourth-order valence-electron chi connectivity index (χ4n) is 2.04. The van der Waals surface area contributed by atoms with Crippen LogP contribution in [0.3, 0.4) is 0 Å². The molecule has 1 saturated heterocycles. The summed E-state index contributed by atoms with van der Waals surface area (Å²) in [4.78, 5) is 23.2. The highest BCUT2D eigenvalue weighted by Crippen LogP contribution is 2.30. The van der Waals surface area contributed by atoms with E-state index in [1.54, 1.807) is 12.1 Å². The van der Waals surface area contributed by atoms with E-state index in [4.69, 9.17) is 11.6 Å². The summed E-state index contributed by atoms with van der Waals surface area (Å²) in [6.07, 6.45) is 0. The molecule has 0 unspecified atom stereocenters. The minimum absolute atomic E-state index is 0.188. The zero-order valence-electron chi connectivity index (χ0n) is 9.27. The molecule has 0 aromatic heterocycles. The van der Waals surface area contributed by atoms with Crippen LogP contribution in [-0.2, 0) is 14.3 Å². The van der Waals surface area contributed by atoms with Crippen LogP contribution in [-0.4, -0.2) is 25.5 Å². The Balaban J connectivity index is 2.28. The smallest absolute Gasteiger partial charge is 0.318 e. The quantitative estimate of drug-likeness (QED) is 0.639. The van der Waals surface area contributed by atoms with Crippen molar-refractivity contribution in [1.82, 2.24) is 5.32 Å². The summed E-state index contributed by atoms with van der Waals surface area (Å²) in [5.74, 6) is -1.73. The molecule has 2 atom stereocenters. The lowest BCUT2D eigenvalue weighted by molar-refractivity contribution is -0.149. The van der Waals surface area contributed by atoms with Gasteiger partial charge in [-0.25, -0.2) is 0 Å². The maximum atomic E-state index is 11.6. The molecular weight excluding hydrogens is 242 g/mol. The van der Waals surface area contributed by atoms with Gasteiger partial charge in [0.15, 0.2) is 0 Å². The van der Waals surface area contributed by atoms with Crippen molar-refractivity contribution in [3.8, 4) is 0 Å². The van der Waals surface area contributed by atoms with E-state index in [0.717, 1.165) is 5.56 Å². The van der Waals surface area contributed by atoms with Crippen molar-refractivity contribution in [2.45, 2.75) is 5.92 Å². The van der Waals surface area contributed by atoms with E-state index < -0.39 is 11.9 Å². The number of methoxy groups -OCH3 is 1. The predicted octanol–water partition coefficient (Wildman–Crippen LogP) is 1.34. The Morgan fingerprint density at radius 3 is 2.65 bits per heavy atom. The van der Waals surface area contributed by atoms with Gasteiger partial charge in [0.25, 0.3) is 0 Å². The second kappa shape index (κ2) is 4.75. The zero-order valence-corrected chi connectivity index (χ0v) is 10.0. The molecule has 1 aromatic rings. The number of hydrogen-bond acceptors (Lipinski definition) is 3. The minimum atomic E-state index is -0.763. The van der Waals surface area contributed by atoms with Crippen LogP contribution >= 0.6 is 11.6 Å². The maximum Gasteiger partial charge on any atom is 0.318 e. The molecule has 1 fully saturated rings. The van der Waals surface area contributed by atoms with Crippen molar-refractivity contribution in [3.63, 3.8) is 0 Å². The Morgan fingerprint density at radius 2 is 2.06 bits per heavy atom. The molecule has 1 amide bonds. The van der Waals surface area contributed by atoms with Gasteiger partial charge < -0.3 is 10.1 Å². The number of benzene rings is 1. The average molecular weight is 254 g/mol. The van der Waals surface area contributed by atoms with Crippen molar-refractivity contribution in [2.75, 3.05) is 13.7 Å². The second-order valence-electron chi connectivity index (χ2n) is 3.90. The van der Waals surface area contributed by atoms with Crippen LogP contribution in [0.4, 0.5) is 0 Å². The lowest BCUT2D eigenvalue weighted by Gasteiger charge is -2.14. The molecule has 5 heteroatoms. The number of halogens is 1. The van der Waals surface area contributed by atoms with Crippen LogP contribution in [0, 0.1) is 5.92 Å². The van der Waals surface area contributed by atoms with Crippen molar-refractivity contribution in [3.05, 3.63) is 34.9 Å². The van der Waals surface area contributed by atoms with Crippen molar-refractivity contribution >= 4 is 23.5 Å². The standard InChI is InChI=1S/C12H12ClNO3/c1-17-12(16)10-9(6-14-11(10)15)7-2-4-8(13)5-3-7/h2-5,9-10H,6H2,1H3,(H,14,15)/t9-,10-/m0/s1. The molecule has 1 aliphatic rings. The number of rotatable bonds is 2. The van der Waals surface area contributed by atoms with Crippen LogP contribution < -0.4 is 5.32 Å². The first-order chi connectivity index (χ1) is 8.13. The fraction of sp³-hybridized carbons (Fsp3) is 0.333. The molecular formula is C12H12ClNO3. The molecule has 2 rings (SSSR count). The lowest BCUT2D eigenvalue weighted by Crippen LogP contribution is -2.28. The number of nitrogens with one attached hydrogen (secondary N) is 1. The predicted molar refractivity (Wildman–Crippen MR) is 62.7 cm³/mol. The molecule has 0 aliphatic carbocycles. The van der Waals surface area contributed by atoms with Crippen LogP contribution in [0.5, 0.6) is 0 Å². The first kappa shape index (κ1) is 11.9. The second-order valence-corrected chi connectivity index (χ2v) is 4.34. The third-order valence-corrected chi connectivity index (χ3v) is 3.19. The summed E-state index contributed by atoms with van der Waals surface area (Å²) in [6.45, 7) is 0.445. The molecule has 1 aliphatic heterocycles. The Morgan fingerprint density at radius 1 is 1.41 bits per heavy atom. The van der Waals surface area contributed by atoms with E-state index in [-0.39, 0.29) is 11.8 Å². The van der Waals surface area contributed by atoms with Crippen LogP contribution in [0.15, 0.2) is 24.3 Å². The summed E-state index contributed by atoms with van der Waals surface area (Å²) in [5.41, 5.74) is 0.906. The first-order valence-electron chi connectivity index (χ1n) is 5.24. The first-order valence-corrected chi connectivity index (χ1v) is 5.62. The summed E-state index contributed by atoms with van der Waals surface area (Å²) in [5, 5.41) is 3.30. The van der Waals surface area contributed by atoms with E-state index >= 15 is 0 Å². The highest BCUT2D eigenvalue weighted by molar-refractivity contribution is 6.30. The SMILES string of the molecule is COC(=O)[C@@H]1C(=O)NC[C@H]1c1ccc(Cl)cc1. The summed E-state index contributed by atoms with van der Waals surface area (Å²) >= 11 is 5.80. The van der Waals surface area contributed by atoms with E-state index in [9.17, 15) is 9.59 Å². The molecule has 0 bridgehead atoms. The van der Waals surface area contributed by atoms with Gasteiger partial charge in [0.2, 0.25) is 5.91 Å². The number of hydrogen-bond donors (Lipinski definition) is 1. The summed E-state index contributed by atoms with van der Waals surface area (Å²) < 4.78 is 4.65. The van der Waals surface area contributed by atoms with Crippen LogP contribution in [0.25, 0.3) is 0 Å². The van der Waals surface area contributed by atoms with E-state index in [0.29, 0.717) is 11.6 Å². The molecule has 90 valence electrons. The number of ether oxygens (including phenoxy) is 1. The fourth-order valence-corrected chi connectivity index (χ4v) is 2.17. The summed E-state index contributed by atoms with van der Waals surface area (Å²) in [6, 6.07) is 7.13. The van der Waals surface area contributed by atoms with E-state index in [1.807, 2.05) is 12.1 Å². The molecule has 1 aromatic carbocycles. The zero-order chi connectivity index (χ0) is 12.4. The number of esters is 1. The molecule has 17 heavy (non-hydrogen) atoms. The Bertz CT molecular complexity index is 444. The monoisotopic (exact) mass is 253 g/mol. The van der Waals surface area contributed by atoms with Gasteiger partial charge in [-0.05, 0) is 17.7 Å². The third kappa shape index (κ3) is 2.26. The molecule has 1 heterocycles. The normalized spacial score (nSPS) is 23.3. The van der Waals surface area contributed by atoms with Crippen molar-refractivity contribution in [2.24, 2.45) is 5.92 Å². The van der Waals surface area contributed by atoms with Crippen molar-refractivity contribution in [1.29, 1.82) is 0 Å². The van der Waals surface area contributed by atoms with Gasteiger partial charge in [-0.15, -0.1) is 0 Å².